The molecule has 1 unspecified atom stereocenters. The fraction of sp³-hybridized carbons (Fsp3) is 0.160. The molecule has 1 saturated carbocycles. The summed E-state index contributed by atoms with van der Waals surface area (Å²) < 4.78 is 6.36. The van der Waals surface area contributed by atoms with Crippen LogP contribution in [0.15, 0.2) is 180 Å². The summed E-state index contributed by atoms with van der Waals surface area (Å²) in [5.74, 6) is 0.905. The SMILES string of the molecule is CC(c1ccc(N(c2ccccc2)c2ccccc2)cc1)c1ccc(N(c2ccc(C3CCCCC3)cc2)c2ccc3c(c2)oc2ccccc23)cc1. The molecule has 0 saturated heterocycles. The zero-order valence-electron chi connectivity index (χ0n) is 30.2. The number of benzene rings is 7. The third-order valence-corrected chi connectivity index (χ3v) is 11.2. The minimum Gasteiger partial charge on any atom is -0.456 e. The third-order valence-electron chi connectivity index (χ3n) is 11.2. The molecule has 0 spiro atoms. The average molecular weight is 689 g/mol. The summed E-state index contributed by atoms with van der Waals surface area (Å²) in [5, 5.41) is 2.29. The highest BCUT2D eigenvalue weighted by atomic mass is 16.3. The van der Waals surface area contributed by atoms with Crippen LogP contribution in [0.25, 0.3) is 21.9 Å². The zero-order chi connectivity index (χ0) is 35.6. The molecule has 0 radical (unpaired) electrons. The van der Waals surface area contributed by atoms with E-state index in [1.54, 1.807) is 0 Å². The summed E-state index contributed by atoms with van der Waals surface area (Å²) in [4.78, 5) is 4.67. The summed E-state index contributed by atoms with van der Waals surface area (Å²) in [5.41, 5.74) is 12.6. The van der Waals surface area contributed by atoms with Gasteiger partial charge in [-0.05, 0) is 114 Å². The van der Waals surface area contributed by atoms with Crippen LogP contribution in [0.1, 0.15) is 67.6 Å². The lowest BCUT2D eigenvalue weighted by molar-refractivity contribution is 0.443. The van der Waals surface area contributed by atoms with Crippen LogP contribution in [0.3, 0.4) is 0 Å². The molecule has 1 aliphatic carbocycles. The van der Waals surface area contributed by atoms with Crippen LogP contribution in [0.2, 0.25) is 0 Å². The van der Waals surface area contributed by atoms with Crippen molar-refractivity contribution in [2.75, 3.05) is 9.80 Å². The molecule has 9 rings (SSSR count). The van der Waals surface area contributed by atoms with Crippen molar-refractivity contribution in [1.29, 1.82) is 0 Å². The second-order valence-corrected chi connectivity index (χ2v) is 14.5. The maximum atomic E-state index is 6.36. The van der Waals surface area contributed by atoms with Gasteiger partial charge in [-0.15, -0.1) is 0 Å². The number of hydrogen-bond acceptors (Lipinski definition) is 3. The van der Waals surface area contributed by atoms with Crippen molar-refractivity contribution in [2.24, 2.45) is 0 Å². The molecule has 1 aliphatic rings. The monoisotopic (exact) mass is 688 g/mol. The minimum atomic E-state index is 0.232. The maximum Gasteiger partial charge on any atom is 0.137 e. The molecule has 0 aliphatic heterocycles. The number of furan rings is 1. The Kier molecular flexibility index (Phi) is 8.99. The van der Waals surface area contributed by atoms with Crippen LogP contribution in [0.4, 0.5) is 34.1 Å². The van der Waals surface area contributed by atoms with E-state index in [4.69, 9.17) is 4.42 Å². The summed E-state index contributed by atoms with van der Waals surface area (Å²) >= 11 is 0. The van der Waals surface area contributed by atoms with E-state index in [0.717, 1.165) is 56.1 Å². The van der Waals surface area contributed by atoms with Gasteiger partial charge in [-0.3, -0.25) is 0 Å². The fourth-order valence-corrected chi connectivity index (χ4v) is 8.25. The van der Waals surface area contributed by atoms with Crippen LogP contribution in [0, 0.1) is 0 Å². The first kappa shape index (κ1) is 32.8. The van der Waals surface area contributed by atoms with E-state index in [2.05, 4.69) is 181 Å². The molecule has 3 nitrogen and oxygen atoms in total. The van der Waals surface area contributed by atoms with Crippen molar-refractivity contribution in [3.63, 3.8) is 0 Å². The second kappa shape index (κ2) is 14.5. The number of para-hydroxylation sites is 3. The van der Waals surface area contributed by atoms with Gasteiger partial charge in [0.15, 0.2) is 0 Å². The van der Waals surface area contributed by atoms with Gasteiger partial charge < -0.3 is 14.2 Å². The Hall–Kier alpha value is -6.06. The van der Waals surface area contributed by atoms with Crippen molar-refractivity contribution in [2.45, 2.75) is 50.9 Å². The first-order valence-electron chi connectivity index (χ1n) is 19.1. The van der Waals surface area contributed by atoms with E-state index in [1.165, 1.54) is 48.8 Å². The number of rotatable bonds is 9. The van der Waals surface area contributed by atoms with Crippen LogP contribution < -0.4 is 9.80 Å². The molecule has 260 valence electrons. The van der Waals surface area contributed by atoms with E-state index in [9.17, 15) is 0 Å². The average Bonchev–Trinajstić information content (AvgIpc) is 3.61. The Morgan fingerprint density at radius 2 is 0.887 bits per heavy atom. The van der Waals surface area contributed by atoms with Gasteiger partial charge in [0.1, 0.15) is 11.2 Å². The molecule has 1 fully saturated rings. The maximum absolute atomic E-state index is 6.36. The largest absolute Gasteiger partial charge is 0.456 e. The molecular formula is C50H44N2O. The van der Waals surface area contributed by atoms with E-state index in [0.29, 0.717) is 5.92 Å². The summed E-state index contributed by atoms with van der Waals surface area (Å²) in [7, 11) is 0. The van der Waals surface area contributed by atoms with Gasteiger partial charge in [-0.1, -0.05) is 117 Å². The zero-order valence-corrected chi connectivity index (χ0v) is 30.2. The quantitative estimate of drug-likeness (QED) is 0.150. The molecule has 1 aromatic heterocycles. The fourth-order valence-electron chi connectivity index (χ4n) is 8.25. The summed E-state index contributed by atoms with van der Waals surface area (Å²) in [6.07, 6.45) is 6.64. The Morgan fingerprint density at radius 3 is 1.47 bits per heavy atom. The number of nitrogens with zero attached hydrogens (tertiary/aromatic N) is 2. The number of anilines is 6. The number of hydrogen-bond donors (Lipinski definition) is 0. The van der Waals surface area contributed by atoms with E-state index < -0.39 is 0 Å². The molecule has 0 N–H and O–H groups in total. The highest BCUT2D eigenvalue weighted by Crippen LogP contribution is 2.41. The Balaban J connectivity index is 1.03. The smallest absolute Gasteiger partial charge is 0.137 e. The third kappa shape index (κ3) is 6.60. The molecule has 7 aromatic carbocycles. The molecule has 0 amide bonds. The van der Waals surface area contributed by atoms with E-state index >= 15 is 0 Å². The van der Waals surface area contributed by atoms with Gasteiger partial charge >= 0.3 is 0 Å². The lowest BCUT2D eigenvalue weighted by Crippen LogP contribution is -2.11. The number of fused-ring (bicyclic) bond motifs is 3. The molecule has 53 heavy (non-hydrogen) atoms. The van der Waals surface area contributed by atoms with Crippen molar-refractivity contribution in [3.8, 4) is 0 Å². The van der Waals surface area contributed by atoms with Gasteiger partial charge in [0.25, 0.3) is 0 Å². The first-order valence-corrected chi connectivity index (χ1v) is 19.1. The minimum absolute atomic E-state index is 0.232. The van der Waals surface area contributed by atoms with Crippen LogP contribution >= 0.6 is 0 Å². The van der Waals surface area contributed by atoms with Gasteiger partial charge in [0.05, 0.1) is 0 Å². The van der Waals surface area contributed by atoms with Gasteiger partial charge in [0.2, 0.25) is 0 Å². The standard InChI is InChI=1S/C50H44N2O/c1-36(37-21-27-43(28-22-37)51(41-15-7-3-8-16-41)42-17-9-4-10-18-42)38-23-29-44(30-24-38)52(45-31-25-40(26-32-45)39-13-5-2-6-14-39)46-33-34-48-47-19-11-12-20-49(47)53-50(48)35-46/h3-4,7-12,15-36,39H,2,5-6,13-14H2,1H3. The van der Waals surface area contributed by atoms with Crippen molar-refractivity contribution in [1.82, 2.24) is 0 Å². The highest BCUT2D eigenvalue weighted by molar-refractivity contribution is 6.06. The van der Waals surface area contributed by atoms with Crippen molar-refractivity contribution in [3.05, 3.63) is 193 Å². The van der Waals surface area contributed by atoms with Gasteiger partial charge in [0, 0.05) is 56.9 Å². The summed E-state index contributed by atoms with van der Waals surface area (Å²) in [6, 6.07) is 63.5. The Labute approximate surface area is 312 Å². The lowest BCUT2D eigenvalue weighted by atomic mass is 9.84. The van der Waals surface area contributed by atoms with E-state index in [1.807, 2.05) is 12.1 Å². The molecule has 1 heterocycles. The molecular weight excluding hydrogens is 645 g/mol. The normalized spacial score (nSPS) is 14.0. The highest BCUT2D eigenvalue weighted by Gasteiger charge is 2.20. The Bertz CT molecular complexity index is 2390. The van der Waals surface area contributed by atoms with Gasteiger partial charge in [-0.2, -0.15) is 0 Å². The van der Waals surface area contributed by atoms with Crippen LogP contribution in [-0.2, 0) is 0 Å². The van der Waals surface area contributed by atoms with Crippen molar-refractivity contribution >= 4 is 56.1 Å². The second-order valence-electron chi connectivity index (χ2n) is 14.5. The predicted octanol–water partition coefficient (Wildman–Crippen LogP) is 14.7. The van der Waals surface area contributed by atoms with Crippen LogP contribution in [-0.4, -0.2) is 0 Å². The van der Waals surface area contributed by atoms with Gasteiger partial charge in [-0.25, -0.2) is 0 Å². The predicted molar refractivity (Wildman–Crippen MR) is 223 cm³/mol. The lowest BCUT2D eigenvalue weighted by Gasteiger charge is -2.27. The van der Waals surface area contributed by atoms with Crippen LogP contribution in [0.5, 0.6) is 0 Å². The van der Waals surface area contributed by atoms with Crippen molar-refractivity contribution < 1.29 is 4.42 Å². The molecule has 8 aromatic rings. The summed E-state index contributed by atoms with van der Waals surface area (Å²) in [6.45, 7) is 2.30. The Morgan fingerprint density at radius 1 is 0.434 bits per heavy atom. The van der Waals surface area contributed by atoms with E-state index in [-0.39, 0.29) is 5.92 Å². The molecule has 0 bridgehead atoms. The molecule has 3 heteroatoms. The first-order chi connectivity index (χ1) is 26.2. The topological polar surface area (TPSA) is 19.6 Å². The molecule has 1 atom stereocenters.